The molecule has 0 bridgehead atoms. The number of pyridine rings is 1. The molecule has 2 rings (SSSR count). The molecule has 2 aromatic rings. The second-order valence-corrected chi connectivity index (χ2v) is 5.19. The predicted molar refractivity (Wildman–Crippen MR) is 92.8 cm³/mol. The van der Waals surface area contributed by atoms with Crippen LogP contribution in [0.1, 0.15) is 32.6 Å². The van der Waals surface area contributed by atoms with Gasteiger partial charge in [0.05, 0.1) is 11.2 Å². The van der Waals surface area contributed by atoms with Crippen LogP contribution in [0.25, 0.3) is 10.9 Å². The minimum atomic E-state index is 0.0178. The molecule has 0 aliphatic carbocycles. The van der Waals surface area contributed by atoms with Crippen LogP contribution in [0.4, 0.5) is 5.69 Å². The minimum absolute atomic E-state index is 0.0178. The molecule has 0 aliphatic rings. The smallest absolute Gasteiger partial charge is 0.224 e. The Labute approximate surface area is 131 Å². The number of nitrogens with one attached hydrogen (secondary N) is 1. The maximum atomic E-state index is 12.2. The van der Waals surface area contributed by atoms with E-state index in [1.165, 1.54) is 5.57 Å². The monoisotopic (exact) mass is 294 g/mol. The van der Waals surface area contributed by atoms with Crippen molar-refractivity contribution < 1.29 is 4.79 Å². The zero-order valence-electron chi connectivity index (χ0n) is 13.0. The summed E-state index contributed by atoms with van der Waals surface area (Å²) in [5, 5.41) is 4.00. The first kappa shape index (κ1) is 16.0. The van der Waals surface area contributed by atoms with Crippen molar-refractivity contribution in [2.24, 2.45) is 0 Å². The first-order chi connectivity index (χ1) is 10.7. The highest BCUT2D eigenvalue weighted by Gasteiger charge is 2.07. The molecule has 0 radical (unpaired) electrons. The minimum Gasteiger partial charge on any atom is -0.324 e. The fourth-order valence-electron chi connectivity index (χ4n) is 2.45. The Morgan fingerprint density at radius 1 is 1.27 bits per heavy atom. The molecular formula is C19H22N2O. The summed E-state index contributed by atoms with van der Waals surface area (Å²) in [4.78, 5) is 16.5. The topological polar surface area (TPSA) is 42.0 Å². The maximum Gasteiger partial charge on any atom is 0.224 e. The van der Waals surface area contributed by atoms with E-state index in [1.54, 1.807) is 6.20 Å². The van der Waals surface area contributed by atoms with E-state index in [-0.39, 0.29) is 5.91 Å². The molecule has 0 aliphatic heterocycles. The van der Waals surface area contributed by atoms with E-state index in [9.17, 15) is 4.79 Å². The van der Waals surface area contributed by atoms with E-state index in [0.29, 0.717) is 6.42 Å². The summed E-state index contributed by atoms with van der Waals surface area (Å²) in [6.45, 7) is 5.86. The summed E-state index contributed by atoms with van der Waals surface area (Å²) < 4.78 is 0. The van der Waals surface area contributed by atoms with Crippen molar-refractivity contribution in [1.82, 2.24) is 4.98 Å². The number of aromatic nitrogens is 1. The lowest BCUT2D eigenvalue weighted by Crippen LogP contribution is -2.12. The van der Waals surface area contributed by atoms with Gasteiger partial charge < -0.3 is 5.32 Å². The molecule has 3 nitrogen and oxygen atoms in total. The van der Waals surface area contributed by atoms with Crippen molar-refractivity contribution in [3.05, 3.63) is 60.8 Å². The molecule has 0 saturated carbocycles. The molecule has 0 fully saturated rings. The lowest BCUT2D eigenvalue weighted by molar-refractivity contribution is -0.116. The maximum absolute atomic E-state index is 12.2. The molecule has 114 valence electrons. The average molecular weight is 294 g/mol. The van der Waals surface area contributed by atoms with Crippen molar-refractivity contribution in [2.45, 2.75) is 32.6 Å². The third kappa shape index (κ3) is 4.29. The summed E-state index contributed by atoms with van der Waals surface area (Å²) in [5.74, 6) is 0.0178. The van der Waals surface area contributed by atoms with Gasteiger partial charge in [-0.1, -0.05) is 42.8 Å². The van der Waals surface area contributed by atoms with Crippen molar-refractivity contribution in [1.29, 1.82) is 0 Å². The Morgan fingerprint density at radius 3 is 2.86 bits per heavy atom. The molecule has 1 amide bonds. The third-order valence-electron chi connectivity index (χ3n) is 3.48. The van der Waals surface area contributed by atoms with Crippen molar-refractivity contribution in [3.63, 3.8) is 0 Å². The van der Waals surface area contributed by atoms with Gasteiger partial charge in [-0.3, -0.25) is 9.78 Å². The SMILES string of the molecule is C=CC/C(=C/CC)CCC(=O)Nc1cccc2cccnc12. The summed E-state index contributed by atoms with van der Waals surface area (Å²) in [6.07, 6.45) is 8.87. The second kappa shape index (κ2) is 8.13. The number of allylic oxidation sites excluding steroid dienone is 3. The molecule has 0 atom stereocenters. The van der Waals surface area contributed by atoms with E-state index < -0.39 is 0 Å². The number of anilines is 1. The van der Waals surface area contributed by atoms with Gasteiger partial charge in [-0.25, -0.2) is 0 Å². The Hall–Kier alpha value is -2.42. The number of carbonyl (C=O) groups excluding carboxylic acids is 1. The number of para-hydroxylation sites is 1. The van der Waals surface area contributed by atoms with E-state index in [2.05, 4.69) is 29.9 Å². The van der Waals surface area contributed by atoms with E-state index >= 15 is 0 Å². The number of hydrogen-bond acceptors (Lipinski definition) is 2. The summed E-state index contributed by atoms with van der Waals surface area (Å²) >= 11 is 0. The van der Waals surface area contributed by atoms with Crippen LogP contribution in [0.2, 0.25) is 0 Å². The molecule has 0 saturated heterocycles. The van der Waals surface area contributed by atoms with E-state index in [4.69, 9.17) is 0 Å². The quantitative estimate of drug-likeness (QED) is 0.740. The number of nitrogens with zero attached hydrogens (tertiary/aromatic N) is 1. The standard InChI is InChI=1S/C19H22N2O/c1-3-7-15(8-4-2)12-13-18(22)21-17-11-5-9-16-10-6-14-20-19(16)17/h3,5-6,8-11,14H,1,4,7,12-13H2,2H3,(H,21,22)/b15-8-. The Kier molecular flexibility index (Phi) is 5.90. The zero-order valence-corrected chi connectivity index (χ0v) is 13.0. The molecule has 3 heteroatoms. The largest absolute Gasteiger partial charge is 0.324 e. The van der Waals surface area contributed by atoms with Crippen molar-refractivity contribution >= 4 is 22.5 Å². The molecule has 1 N–H and O–H groups in total. The highest BCUT2D eigenvalue weighted by Crippen LogP contribution is 2.21. The zero-order chi connectivity index (χ0) is 15.8. The van der Waals surface area contributed by atoms with Crippen LogP contribution in [-0.4, -0.2) is 10.9 Å². The second-order valence-electron chi connectivity index (χ2n) is 5.19. The van der Waals surface area contributed by atoms with Crippen LogP contribution in [-0.2, 0) is 4.79 Å². The van der Waals surface area contributed by atoms with Gasteiger partial charge in [-0.2, -0.15) is 0 Å². The average Bonchev–Trinajstić information content (AvgIpc) is 2.53. The lowest BCUT2D eigenvalue weighted by Gasteiger charge is -2.09. The van der Waals surface area contributed by atoms with Gasteiger partial charge >= 0.3 is 0 Å². The Morgan fingerprint density at radius 2 is 2.09 bits per heavy atom. The van der Waals surface area contributed by atoms with Gasteiger partial charge in [0, 0.05) is 18.0 Å². The lowest BCUT2D eigenvalue weighted by atomic mass is 10.1. The normalized spacial score (nSPS) is 11.4. The number of fused-ring (bicyclic) bond motifs is 1. The van der Waals surface area contributed by atoms with Crippen molar-refractivity contribution in [3.8, 4) is 0 Å². The van der Waals surface area contributed by atoms with Gasteiger partial charge in [-0.05, 0) is 31.4 Å². The van der Waals surface area contributed by atoms with Gasteiger partial charge in [0.1, 0.15) is 0 Å². The molecule has 1 aromatic heterocycles. The van der Waals surface area contributed by atoms with Crippen LogP contribution >= 0.6 is 0 Å². The molecule has 0 spiro atoms. The van der Waals surface area contributed by atoms with Crippen LogP contribution in [0.15, 0.2) is 60.8 Å². The Balaban J connectivity index is 2.02. The summed E-state index contributed by atoms with van der Waals surface area (Å²) in [6, 6.07) is 9.69. The molecule has 1 aromatic carbocycles. The summed E-state index contributed by atoms with van der Waals surface area (Å²) in [5.41, 5.74) is 2.87. The molecular weight excluding hydrogens is 272 g/mol. The number of rotatable bonds is 7. The molecule has 22 heavy (non-hydrogen) atoms. The van der Waals surface area contributed by atoms with Gasteiger partial charge in [-0.15, -0.1) is 6.58 Å². The number of hydrogen-bond donors (Lipinski definition) is 1. The van der Waals surface area contributed by atoms with Crippen LogP contribution in [0.3, 0.4) is 0 Å². The Bertz CT molecular complexity index is 683. The highest BCUT2D eigenvalue weighted by atomic mass is 16.1. The first-order valence-electron chi connectivity index (χ1n) is 7.67. The van der Waals surface area contributed by atoms with Crippen molar-refractivity contribution in [2.75, 3.05) is 5.32 Å². The van der Waals surface area contributed by atoms with Gasteiger partial charge in [0.25, 0.3) is 0 Å². The fourth-order valence-corrected chi connectivity index (χ4v) is 2.45. The number of benzene rings is 1. The highest BCUT2D eigenvalue weighted by molar-refractivity contribution is 6.00. The van der Waals surface area contributed by atoms with Gasteiger partial charge in [0.15, 0.2) is 0 Å². The third-order valence-corrected chi connectivity index (χ3v) is 3.48. The molecule has 0 unspecified atom stereocenters. The van der Waals surface area contributed by atoms with Crippen LogP contribution in [0, 0.1) is 0 Å². The fraction of sp³-hybridized carbons (Fsp3) is 0.263. The first-order valence-corrected chi connectivity index (χ1v) is 7.67. The van der Waals surface area contributed by atoms with E-state index in [0.717, 1.165) is 35.9 Å². The van der Waals surface area contributed by atoms with Gasteiger partial charge in [0.2, 0.25) is 5.91 Å². The predicted octanol–water partition coefficient (Wildman–Crippen LogP) is 4.87. The summed E-state index contributed by atoms with van der Waals surface area (Å²) in [7, 11) is 0. The number of carbonyl (C=O) groups is 1. The van der Waals surface area contributed by atoms with Crippen LogP contribution < -0.4 is 5.32 Å². The van der Waals surface area contributed by atoms with E-state index in [1.807, 2.05) is 36.4 Å². The van der Waals surface area contributed by atoms with Crippen LogP contribution in [0.5, 0.6) is 0 Å². The number of amides is 1. The molecule has 1 heterocycles.